The molecule has 2 aromatic rings. The van der Waals surface area contributed by atoms with Crippen LogP contribution >= 0.6 is 0 Å². The molecular weight excluding hydrogens is 238 g/mol. The van der Waals surface area contributed by atoms with Gasteiger partial charge >= 0.3 is 0 Å². The summed E-state index contributed by atoms with van der Waals surface area (Å²) in [5.74, 6) is -0.328. The Morgan fingerprint density at radius 1 is 1.26 bits per heavy atom. The van der Waals surface area contributed by atoms with E-state index in [-0.39, 0.29) is 18.4 Å². The van der Waals surface area contributed by atoms with Gasteiger partial charge in [0.2, 0.25) is 5.91 Å². The van der Waals surface area contributed by atoms with Crippen LogP contribution in [0.5, 0.6) is 0 Å². The van der Waals surface area contributed by atoms with Crippen molar-refractivity contribution in [3.8, 4) is 0 Å². The average molecular weight is 255 g/mol. The number of anilines is 1. The number of nitrogens with one attached hydrogen (secondary N) is 1. The highest BCUT2D eigenvalue weighted by molar-refractivity contribution is 5.78. The Bertz CT molecular complexity index is 554. The summed E-state index contributed by atoms with van der Waals surface area (Å²) in [5.41, 5.74) is 8.25. The van der Waals surface area contributed by atoms with Gasteiger partial charge < -0.3 is 11.1 Å². The molecular formula is C15H17N3O. The van der Waals surface area contributed by atoms with E-state index in [1.165, 1.54) is 0 Å². The Morgan fingerprint density at radius 3 is 2.63 bits per heavy atom. The molecule has 0 aliphatic carbocycles. The number of primary amides is 1. The molecule has 1 heterocycles. The maximum atomic E-state index is 11.1. The van der Waals surface area contributed by atoms with Crippen molar-refractivity contribution in [3.05, 3.63) is 59.9 Å². The van der Waals surface area contributed by atoms with Gasteiger partial charge in [-0.15, -0.1) is 0 Å². The summed E-state index contributed by atoms with van der Waals surface area (Å²) >= 11 is 0. The third-order valence-corrected chi connectivity index (χ3v) is 2.96. The molecule has 4 heteroatoms. The predicted molar refractivity (Wildman–Crippen MR) is 75.6 cm³/mol. The van der Waals surface area contributed by atoms with Crippen molar-refractivity contribution >= 4 is 11.6 Å². The number of aromatic nitrogens is 1. The van der Waals surface area contributed by atoms with Crippen molar-refractivity contribution in [2.75, 3.05) is 5.32 Å². The van der Waals surface area contributed by atoms with Gasteiger partial charge in [-0.2, -0.15) is 0 Å². The number of nitrogens with zero attached hydrogens (tertiary/aromatic N) is 1. The van der Waals surface area contributed by atoms with Gasteiger partial charge in [-0.05, 0) is 36.2 Å². The highest BCUT2D eigenvalue weighted by atomic mass is 16.1. The zero-order valence-corrected chi connectivity index (χ0v) is 10.8. The molecule has 0 aliphatic rings. The molecule has 19 heavy (non-hydrogen) atoms. The minimum atomic E-state index is -0.328. The molecule has 0 fully saturated rings. The first-order chi connectivity index (χ1) is 9.16. The van der Waals surface area contributed by atoms with E-state index in [0.717, 1.165) is 16.8 Å². The molecule has 1 unspecified atom stereocenters. The third kappa shape index (κ3) is 3.55. The molecule has 3 N–H and O–H groups in total. The Morgan fingerprint density at radius 2 is 1.95 bits per heavy atom. The fourth-order valence-corrected chi connectivity index (χ4v) is 1.97. The van der Waals surface area contributed by atoms with Crippen molar-refractivity contribution in [2.24, 2.45) is 5.73 Å². The van der Waals surface area contributed by atoms with Crippen molar-refractivity contribution in [1.29, 1.82) is 0 Å². The van der Waals surface area contributed by atoms with Crippen molar-refractivity contribution in [3.63, 3.8) is 0 Å². The first-order valence-electron chi connectivity index (χ1n) is 6.19. The maximum absolute atomic E-state index is 11.1. The van der Waals surface area contributed by atoms with Crippen LogP contribution in [0, 0.1) is 0 Å². The zero-order chi connectivity index (χ0) is 13.7. The van der Waals surface area contributed by atoms with E-state index in [4.69, 9.17) is 5.73 Å². The Labute approximate surface area is 112 Å². The lowest BCUT2D eigenvalue weighted by Gasteiger charge is -2.18. The number of benzene rings is 1. The van der Waals surface area contributed by atoms with Gasteiger partial charge in [0.1, 0.15) is 0 Å². The number of nitrogens with two attached hydrogens (primary N) is 1. The lowest BCUT2D eigenvalue weighted by atomic mass is 10.1. The predicted octanol–water partition coefficient (Wildman–Crippen LogP) is 2.28. The van der Waals surface area contributed by atoms with Crippen LogP contribution in [0.2, 0.25) is 0 Å². The minimum Gasteiger partial charge on any atom is -0.378 e. The van der Waals surface area contributed by atoms with Crippen LogP contribution in [-0.2, 0) is 11.2 Å². The van der Waals surface area contributed by atoms with E-state index in [1.54, 1.807) is 12.4 Å². The molecule has 1 amide bonds. The van der Waals surface area contributed by atoms with E-state index >= 15 is 0 Å². The van der Waals surface area contributed by atoms with Crippen LogP contribution < -0.4 is 11.1 Å². The lowest BCUT2D eigenvalue weighted by molar-refractivity contribution is -0.117. The molecule has 98 valence electrons. The SMILES string of the molecule is CC(Nc1ccccc1CC(N)=O)c1ccncc1. The van der Waals surface area contributed by atoms with Crippen LogP contribution in [-0.4, -0.2) is 10.9 Å². The third-order valence-electron chi connectivity index (χ3n) is 2.96. The molecule has 4 nitrogen and oxygen atoms in total. The summed E-state index contributed by atoms with van der Waals surface area (Å²) < 4.78 is 0. The molecule has 0 bridgehead atoms. The van der Waals surface area contributed by atoms with Crippen LogP contribution in [0.15, 0.2) is 48.8 Å². The number of pyridine rings is 1. The van der Waals surface area contributed by atoms with E-state index in [1.807, 2.05) is 36.4 Å². The normalized spacial score (nSPS) is 11.8. The minimum absolute atomic E-state index is 0.136. The molecule has 1 atom stereocenters. The number of hydrogen-bond acceptors (Lipinski definition) is 3. The van der Waals surface area contributed by atoms with E-state index in [2.05, 4.69) is 17.2 Å². The average Bonchev–Trinajstić information content (AvgIpc) is 2.41. The summed E-state index contributed by atoms with van der Waals surface area (Å²) in [6.45, 7) is 2.07. The van der Waals surface area contributed by atoms with Gasteiger partial charge in [0, 0.05) is 24.1 Å². The highest BCUT2D eigenvalue weighted by Gasteiger charge is 2.09. The van der Waals surface area contributed by atoms with E-state index in [9.17, 15) is 4.79 Å². The quantitative estimate of drug-likeness (QED) is 0.861. The van der Waals surface area contributed by atoms with Crippen LogP contribution in [0.4, 0.5) is 5.69 Å². The second-order valence-electron chi connectivity index (χ2n) is 4.45. The fourth-order valence-electron chi connectivity index (χ4n) is 1.97. The summed E-state index contributed by atoms with van der Waals surface area (Å²) in [6.07, 6.45) is 3.78. The number of carbonyl (C=O) groups excluding carboxylic acids is 1. The number of para-hydroxylation sites is 1. The first-order valence-corrected chi connectivity index (χ1v) is 6.19. The Balaban J connectivity index is 2.17. The Kier molecular flexibility index (Phi) is 4.13. The van der Waals surface area contributed by atoms with Crippen LogP contribution in [0.25, 0.3) is 0 Å². The first kappa shape index (κ1) is 13.1. The maximum Gasteiger partial charge on any atom is 0.221 e. The monoisotopic (exact) mass is 255 g/mol. The molecule has 0 saturated carbocycles. The second kappa shape index (κ2) is 6.00. The number of carbonyl (C=O) groups is 1. The van der Waals surface area contributed by atoms with Gasteiger partial charge in [0.15, 0.2) is 0 Å². The van der Waals surface area contributed by atoms with Gasteiger partial charge in [-0.3, -0.25) is 9.78 Å². The van der Waals surface area contributed by atoms with Crippen molar-refractivity contribution < 1.29 is 4.79 Å². The van der Waals surface area contributed by atoms with E-state index in [0.29, 0.717) is 0 Å². The molecule has 1 aromatic carbocycles. The molecule has 0 saturated heterocycles. The molecule has 0 radical (unpaired) electrons. The fraction of sp³-hybridized carbons (Fsp3) is 0.200. The molecule has 0 aliphatic heterocycles. The van der Waals surface area contributed by atoms with Gasteiger partial charge in [0.25, 0.3) is 0 Å². The lowest BCUT2D eigenvalue weighted by Crippen LogP contribution is -2.16. The smallest absolute Gasteiger partial charge is 0.221 e. The topological polar surface area (TPSA) is 68.0 Å². The standard InChI is InChI=1S/C15H17N3O/c1-11(12-6-8-17-9-7-12)18-14-5-3-2-4-13(14)10-15(16)19/h2-9,11,18H,10H2,1H3,(H2,16,19). The Hall–Kier alpha value is -2.36. The summed E-state index contributed by atoms with van der Waals surface area (Å²) in [5, 5.41) is 3.40. The van der Waals surface area contributed by atoms with Crippen LogP contribution in [0.1, 0.15) is 24.1 Å². The van der Waals surface area contributed by atoms with Crippen LogP contribution in [0.3, 0.4) is 0 Å². The van der Waals surface area contributed by atoms with E-state index < -0.39 is 0 Å². The molecule has 2 rings (SSSR count). The van der Waals surface area contributed by atoms with Gasteiger partial charge in [-0.1, -0.05) is 18.2 Å². The largest absolute Gasteiger partial charge is 0.378 e. The number of hydrogen-bond donors (Lipinski definition) is 2. The number of amides is 1. The summed E-state index contributed by atoms with van der Waals surface area (Å²) in [7, 11) is 0. The highest BCUT2D eigenvalue weighted by Crippen LogP contribution is 2.22. The zero-order valence-electron chi connectivity index (χ0n) is 10.8. The van der Waals surface area contributed by atoms with Crippen molar-refractivity contribution in [1.82, 2.24) is 4.98 Å². The van der Waals surface area contributed by atoms with Gasteiger partial charge in [0.05, 0.1) is 6.42 Å². The van der Waals surface area contributed by atoms with Gasteiger partial charge in [-0.25, -0.2) is 0 Å². The second-order valence-corrected chi connectivity index (χ2v) is 4.45. The summed E-state index contributed by atoms with van der Waals surface area (Å²) in [6, 6.07) is 11.8. The summed E-state index contributed by atoms with van der Waals surface area (Å²) in [4.78, 5) is 15.1. The number of rotatable bonds is 5. The molecule has 1 aromatic heterocycles. The molecule has 0 spiro atoms. The van der Waals surface area contributed by atoms with Crippen molar-refractivity contribution in [2.45, 2.75) is 19.4 Å².